The Morgan fingerprint density at radius 2 is 1.96 bits per heavy atom. The molecule has 2 aromatic carbocycles. The van der Waals surface area contributed by atoms with Gasteiger partial charge in [-0.3, -0.25) is 14.9 Å². The number of phenols is 1. The molecule has 0 saturated heterocycles. The molecule has 0 amide bonds. The fourth-order valence-corrected chi connectivity index (χ4v) is 2.10. The summed E-state index contributed by atoms with van der Waals surface area (Å²) in [6.07, 6.45) is 2.79. The molecule has 124 valence electrons. The van der Waals surface area contributed by atoms with E-state index in [1.165, 1.54) is 24.3 Å². The minimum absolute atomic E-state index is 0.00846. The molecule has 0 unspecified atom stereocenters. The van der Waals surface area contributed by atoms with Gasteiger partial charge in [0.1, 0.15) is 0 Å². The third-order valence-electron chi connectivity index (χ3n) is 3.34. The van der Waals surface area contributed by atoms with Crippen LogP contribution in [0.15, 0.2) is 42.5 Å². The van der Waals surface area contributed by atoms with Gasteiger partial charge in [-0.15, -0.1) is 0 Å². The Labute approximate surface area is 139 Å². The van der Waals surface area contributed by atoms with E-state index in [2.05, 4.69) is 0 Å². The molecule has 2 rings (SSSR count). The van der Waals surface area contributed by atoms with Gasteiger partial charge >= 0.3 is 5.69 Å². The van der Waals surface area contributed by atoms with E-state index in [1.807, 2.05) is 19.1 Å². The van der Waals surface area contributed by atoms with E-state index < -0.39 is 16.4 Å². The monoisotopic (exact) mass is 327 g/mol. The molecule has 0 aliphatic carbocycles. The standard InChI is InChI=1S/C18H17NO5/c1-3-24-17-11-13(10-15(18(17)21)19(22)23)6-9-16(20)14-7-4-12(2)5-8-14/h4-11,21H,3H2,1-2H3/b9-6+. The van der Waals surface area contributed by atoms with E-state index in [0.29, 0.717) is 11.1 Å². The lowest BCUT2D eigenvalue weighted by molar-refractivity contribution is -0.386. The molecule has 0 heterocycles. The number of nitrogens with zero attached hydrogens (tertiary/aromatic N) is 1. The molecule has 0 atom stereocenters. The lowest BCUT2D eigenvalue weighted by atomic mass is 10.1. The second-order valence-electron chi connectivity index (χ2n) is 5.14. The second-order valence-corrected chi connectivity index (χ2v) is 5.14. The van der Waals surface area contributed by atoms with Crippen LogP contribution in [0.5, 0.6) is 11.5 Å². The van der Waals surface area contributed by atoms with Crippen molar-refractivity contribution < 1.29 is 19.6 Å². The van der Waals surface area contributed by atoms with Gasteiger partial charge in [-0.2, -0.15) is 0 Å². The predicted octanol–water partition coefficient (Wildman–Crippen LogP) is 3.90. The van der Waals surface area contributed by atoms with Crippen molar-refractivity contribution in [2.75, 3.05) is 6.61 Å². The first-order chi connectivity index (χ1) is 11.4. The van der Waals surface area contributed by atoms with Crippen LogP contribution in [0.1, 0.15) is 28.4 Å². The Morgan fingerprint density at radius 3 is 2.54 bits per heavy atom. The summed E-state index contributed by atoms with van der Waals surface area (Å²) < 4.78 is 5.20. The van der Waals surface area contributed by atoms with Gasteiger partial charge in [-0.05, 0) is 31.6 Å². The highest BCUT2D eigenvalue weighted by Gasteiger charge is 2.19. The Bertz CT molecular complexity index is 794. The number of aryl methyl sites for hydroxylation is 1. The maximum atomic E-state index is 12.1. The van der Waals surface area contributed by atoms with Crippen LogP contribution in [-0.2, 0) is 0 Å². The first-order valence-corrected chi connectivity index (χ1v) is 7.35. The van der Waals surface area contributed by atoms with Gasteiger partial charge in [0.2, 0.25) is 5.75 Å². The highest BCUT2D eigenvalue weighted by atomic mass is 16.6. The van der Waals surface area contributed by atoms with E-state index in [0.717, 1.165) is 5.56 Å². The molecule has 0 aliphatic heterocycles. The van der Waals surface area contributed by atoms with Crippen molar-refractivity contribution in [1.82, 2.24) is 0 Å². The number of nitro groups is 1. The molecule has 0 aromatic heterocycles. The normalized spacial score (nSPS) is 10.8. The summed E-state index contributed by atoms with van der Waals surface area (Å²) in [5.41, 5.74) is 1.49. The number of carbonyl (C=O) groups is 1. The fourth-order valence-electron chi connectivity index (χ4n) is 2.10. The zero-order chi connectivity index (χ0) is 17.7. The minimum Gasteiger partial charge on any atom is -0.500 e. The van der Waals surface area contributed by atoms with Crippen LogP contribution in [0.2, 0.25) is 0 Å². The summed E-state index contributed by atoms with van der Waals surface area (Å²) in [6, 6.07) is 9.74. The van der Waals surface area contributed by atoms with Gasteiger partial charge in [0, 0.05) is 11.6 Å². The summed E-state index contributed by atoms with van der Waals surface area (Å²) in [5, 5.41) is 20.9. The Morgan fingerprint density at radius 1 is 1.29 bits per heavy atom. The number of aromatic hydroxyl groups is 1. The Kier molecular flexibility index (Phi) is 5.31. The van der Waals surface area contributed by atoms with Gasteiger partial charge in [0.15, 0.2) is 11.5 Å². The largest absolute Gasteiger partial charge is 0.500 e. The average Bonchev–Trinajstić information content (AvgIpc) is 2.55. The van der Waals surface area contributed by atoms with Crippen LogP contribution < -0.4 is 4.74 Å². The first kappa shape index (κ1) is 17.2. The Hall–Kier alpha value is -3.15. The summed E-state index contributed by atoms with van der Waals surface area (Å²) in [5.74, 6) is -0.735. The number of ketones is 1. The molecular formula is C18H17NO5. The molecular weight excluding hydrogens is 310 g/mol. The maximum absolute atomic E-state index is 12.1. The summed E-state index contributed by atoms with van der Waals surface area (Å²) in [6.45, 7) is 3.88. The second kappa shape index (κ2) is 7.41. The topological polar surface area (TPSA) is 89.7 Å². The average molecular weight is 327 g/mol. The lowest BCUT2D eigenvalue weighted by Crippen LogP contribution is -1.97. The minimum atomic E-state index is -0.697. The maximum Gasteiger partial charge on any atom is 0.315 e. The van der Waals surface area contributed by atoms with E-state index in [9.17, 15) is 20.0 Å². The zero-order valence-electron chi connectivity index (χ0n) is 13.4. The number of rotatable bonds is 6. The smallest absolute Gasteiger partial charge is 0.315 e. The van der Waals surface area contributed by atoms with Gasteiger partial charge in [-0.25, -0.2) is 0 Å². The molecule has 0 saturated carbocycles. The summed E-state index contributed by atoms with van der Waals surface area (Å²) in [7, 11) is 0. The quantitative estimate of drug-likeness (QED) is 0.376. The predicted molar refractivity (Wildman–Crippen MR) is 90.5 cm³/mol. The summed E-state index contributed by atoms with van der Waals surface area (Å²) in [4.78, 5) is 22.4. The molecule has 24 heavy (non-hydrogen) atoms. The highest BCUT2D eigenvalue weighted by Crippen LogP contribution is 2.37. The van der Waals surface area contributed by atoms with E-state index >= 15 is 0 Å². The van der Waals surface area contributed by atoms with Gasteiger partial charge < -0.3 is 9.84 Å². The van der Waals surface area contributed by atoms with Crippen LogP contribution in [0, 0.1) is 17.0 Å². The zero-order valence-corrected chi connectivity index (χ0v) is 13.4. The van der Waals surface area contributed by atoms with Crippen molar-refractivity contribution in [3.05, 3.63) is 69.3 Å². The number of benzene rings is 2. The third-order valence-corrected chi connectivity index (χ3v) is 3.34. The van der Waals surface area contributed by atoms with Crippen molar-refractivity contribution in [3.8, 4) is 11.5 Å². The molecule has 6 heteroatoms. The number of carbonyl (C=O) groups excluding carboxylic acids is 1. The molecule has 0 fully saturated rings. The van der Waals surface area contributed by atoms with Gasteiger partial charge in [0.05, 0.1) is 11.5 Å². The number of hydrogen-bond donors (Lipinski definition) is 1. The number of nitro benzene ring substituents is 1. The van der Waals surface area contributed by atoms with Crippen LogP contribution in [-0.4, -0.2) is 22.4 Å². The van der Waals surface area contributed by atoms with E-state index in [-0.39, 0.29) is 18.1 Å². The van der Waals surface area contributed by atoms with Crippen molar-refractivity contribution in [2.24, 2.45) is 0 Å². The Balaban J connectivity index is 2.32. The number of allylic oxidation sites excluding steroid dienone is 1. The number of hydrogen-bond acceptors (Lipinski definition) is 5. The molecule has 6 nitrogen and oxygen atoms in total. The van der Waals surface area contributed by atoms with Crippen molar-refractivity contribution in [1.29, 1.82) is 0 Å². The van der Waals surface area contributed by atoms with E-state index in [1.54, 1.807) is 19.1 Å². The molecule has 0 radical (unpaired) electrons. The van der Waals surface area contributed by atoms with E-state index in [4.69, 9.17) is 4.74 Å². The van der Waals surface area contributed by atoms with Crippen molar-refractivity contribution in [3.63, 3.8) is 0 Å². The number of ether oxygens (including phenoxy) is 1. The SMILES string of the molecule is CCOc1cc(/C=C/C(=O)c2ccc(C)cc2)cc([N+](=O)[O-])c1O. The van der Waals surface area contributed by atoms with Gasteiger partial charge in [0.25, 0.3) is 0 Å². The molecule has 0 aliphatic rings. The molecule has 2 aromatic rings. The van der Waals surface area contributed by atoms with Crippen LogP contribution in [0.3, 0.4) is 0 Å². The first-order valence-electron chi connectivity index (χ1n) is 7.35. The molecule has 0 spiro atoms. The number of phenolic OH excluding ortho intramolecular Hbond substituents is 1. The summed E-state index contributed by atoms with van der Waals surface area (Å²) >= 11 is 0. The van der Waals surface area contributed by atoms with Crippen LogP contribution in [0.4, 0.5) is 5.69 Å². The molecule has 0 bridgehead atoms. The lowest BCUT2D eigenvalue weighted by Gasteiger charge is -2.07. The highest BCUT2D eigenvalue weighted by molar-refractivity contribution is 6.06. The van der Waals surface area contributed by atoms with Crippen LogP contribution in [0.25, 0.3) is 6.08 Å². The van der Waals surface area contributed by atoms with Gasteiger partial charge in [-0.1, -0.05) is 35.9 Å². The van der Waals surface area contributed by atoms with Crippen LogP contribution >= 0.6 is 0 Å². The van der Waals surface area contributed by atoms with Crippen molar-refractivity contribution >= 4 is 17.5 Å². The van der Waals surface area contributed by atoms with Crippen molar-refractivity contribution in [2.45, 2.75) is 13.8 Å². The third kappa shape index (κ3) is 3.98. The molecule has 1 N–H and O–H groups in total. The fraction of sp³-hybridized carbons (Fsp3) is 0.167.